The zero-order chi connectivity index (χ0) is 9.97. The Labute approximate surface area is 83.3 Å². The quantitative estimate of drug-likeness (QED) is 0.722. The summed E-state index contributed by atoms with van der Waals surface area (Å²) in [5.74, 6) is 0. The standard InChI is InChI=1S/C7H8N4O2S/c8-7(12)10-4-13-6-2-11-3-9-1-5(11)14-6/h1-3H,4H2,(H3,8,10,12). The third-order valence-corrected chi connectivity index (χ3v) is 2.49. The SMILES string of the molecule is NC(=O)NCOc1cn2cncc2s1. The molecule has 2 rings (SSSR count). The molecule has 0 fully saturated rings. The van der Waals surface area contributed by atoms with Gasteiger partial charge >= 0.3 is 6.03 Å². The lowest BCUT2D eigenvalue weighted by atomic mass is 10.8. The smallest absolute Gasteiger partial charge is 0.314 e. The molecule has 6 nitrogen and oxygen atoms in total. The van der Waals surface area contributed by atoms with E-state index in [0.29, 0.717) is 5.06 Å². The highest BCUT2D eigenvalue weighted by molar-refractivity contribution is 7.19. The Morgan fingerprint density at radius 2 is 2.64 bits per heavy atom. The highest BCUT2D eigenvalue weighted by atomic mass is 32.1. The van der Waals surface area contributed by atoms with Gasteiger partial charge in [-0.2, -0.15) is 0 Å². The molecule has 0 bridgehead atoms. The number of primary amides is 1. The molecule has 0 saturated heterocycles. The van der Waals surface area contributed by atoms with Crippen LogP contribution in [0.4, 0.5) is 4.79 Å². The number of imidazole rings is 1. The Bertz CT molecular complexity index is 421. The van der Waals surface area contributed by atoms with Gasteiger partial charge in [0.15, 0.2) is 11.8 Å². The summed E-state index contributed by atoms with van der Waals surface area (Å²) >= 11 is 1.44. The average Bonchev–Trinajstić information content (AvgIpc) is 2.62. The van der Waals surface area contributed by atoms with Crippen LogP contribution in [-0.4, -0.2) is 22.1 Å². The number of urea groups is 1. The topological polar surface area (TPSA) is 81.7 Å². The van der Waals surface area contributed by atoms with Crippen molar-refractivity contribution in [2.24, 2.45) is 5.73 Å². The summed E-state index contributed by atoms with van der Waals surface area (Å²) < 4.78 is 7.06. The van der Waals surface area contributed by atoms with Crippen molar-refractivity contribution in [2.75, 3.05) is 6.73 Å². The number of nitrogens with zero attached hydrogens (tertiary/aromatic N) is 2. The average molecular weight is 212 g/mol. The van der Waals surface area contributed by atoms with Crippen molar-refractivity contribution in [2.45, 2.75) is 0 Å². The zero-order valence-electron chi connectivity index (χ0n) is 7.14. The molecule has 0 saturated carbocycles. The van der Waals surface area contributed by atoms with Crippen LogP contribution >= 0.6 is 11.3 Å². The number of carbonyl (C=O) groups is 1. The Morgan fingerprint density at radius 1 is 1.79 bits per heavy atom. The normalized spacial score (nSPS) is 10.3. The van der Waals surface area contributed by atoms with Crippen LogP contribution in [0.3, 0.4) is 0 Å². The first-order valence-electron chi connectivity index (χ1n) is 3.83. The monoisotopic (exact) mass is 212 g/mol. The molecule has 2 aromatic rings. The van der Waals surface area contributed by atoms with Gasteiger partial charge in [-0.3, -0.25) is 4.40 Å². The van der Waals surface area contributed by atoms with Crippen molar-refractivity contribution in [3.63, 3.8) is 0 Å². The Hall–Kier alpha value is -1.76. The number of thiazole rings is 1. The number of aromatic nitrogens is 2. The van der Waals surface area contributed by atoms with Crippen LogP contribution in [0.1, 0.15) is 0 Å². The summed E-state index contributed by atoms with van der Waals surface area (Å²) in [5.41, 5.74) is 4.87. The van der Waals surface area contributed by atoms with Crippen LogP contribution in [0.15, 0.2) is 18.7 Å². The zero-order valence-corrected chi connectivity index (χ0v) is 7.95. The molecule has 0 aliphatic rings. The predicted molar refractivity (Wildman–Crippen MR) is 51.3 cm³/mol. The maximum absolute atomic E-state index is 10.3. The van der Waals surface area contributed by atoms with Crippen LogP contribution in [-0.2, 0) is 0 Å². The molecular formula is C7H8N4O2S. The van der Waals surface area contributed by atoms with Gasteiger partial charge in [-0.1, -0.05) is 11.3 Å². The fourth-order valence-electron chi connectivity index (χ4n) is 0.957. The van der Waals surface area contributed by atoms with Gasteiger partial charge in [-0.15, -0.1) is 0 Å². The Balaban J connectivity index is 1.98. The molecule has 2 amide bonds. The highest BCUT2D eigenvalue weighted by Gasteiger charge is 2.02. The van der Waals surface area contributed by atoms with E-state index < -0.39 is 6.03 Å². The van der Waals surface area contributed by atoms with Crippen molar-refractivity contribution < 1.29 is 9.53 Å². The first-order chi connectivity index (χ1) is 6.75. The number of fused-ring (bicyclic) bond motifs is 1. The number of amides is 2. The van der Waals surface area contributed by atoms with E-state index >= 15 is 0 Å². The summed E-state index contributed by atoms with van der Waals surface area (Å²) in [7, 11) is 0. The van der Waals surface area contributed by atoms with E-state index in [1.54, 1.807) is 18.7 Å². The number of hydrogen-bond acceptors (Lipinski definition) is 4. The van der Waals surface area contributed by atoms with Gasteiger partial charge in [0, 0.05) is 0 Å². The van der Waals surface area contributed by atoms with Crippen LogP contribution in [0.5, 0.6) is 5.06 Å². The van der Waals surface area contributed by atoms with Crippen LogP contribution in [0.25, 0.3) is 4.83 Å². The van der Waals surface area contributed by atoms with Gasteiger partial charge in [-0.25, -0.2) is 9.78 Å². The summed E-state index contributed by atoms with van der Waals surface area (Å²) in [6.45, 7) is 0.0758. The molecule has 0 radical (unpaired) electrons. The molecule has 0 aliphatic carbocycles. The number of carbonyl (C=O) groups excluding carboxylic acids is 1. The number of nitrogens with two attached hydrogens (primary N) is 1. The maximum Gasteiger partial charge on any atom is 0.314 e. The molecule has 2 aromatic heterocycles. The molecule has 0 spiro atoms. The molecule has 0 atom stereocenters. The van der Waals surface area contributed by atoms with Gasteiger partial charge in [0.1, 0.15) is 4.83 Å². The lowest BCUT2D eigenvalue weighted by Crippen LogP contribution is -2.32. The second-order valence-corrected chi connectivity index (χ2v) is 3.54. The van der Waals surface area contributed by atoms with E-state index in [0.717, 1.165) is 4.83 Å². The van der Waals surface area contributed by atoms with E-state index in [9.17, 15) is 4.79 Å². The highest BCUT2D eigenvalue weighted by Crippen LogP contribution is 2.24. The third kappa shape index (κ3) is 1.77. The van der Waals surface area contributed by atoms with Crippen LogP contribution in [0.2, 0.25) is 0 Å². The minimum atomic E-state index is -0.602. The van der Waals surface area contributed by atoms with Gasteiger partial charge in [0.05, 0.1) is 18.7 Å². The fourth-order valence-corrected chi connectivity index (χ4v) is 1.77. The molecular weight excluding hydrogens is 204 g/mol. The first kappa shape index (κ1) is 8.82. The van der Waals surface area contributed by atoms with E-state index in [1.165, 1.54) is 11.3 Å². The number of nitrogens with one attached hydrogen (secondary N) is 1. The van der Waals surface area contributed by atoms with Crippen LogP contribution in [0, 0.1) is 0 Å². The van der Waals surface area contributed by atoms with Gasteiger partial charge in [0.2, 0.25) is 0 Å². The fraction of sp³-hybridized carbons (Fsp3) is 0.143. The lowest BCUT2D eigenvalue weighted by molar-refractivity contribution is 0.233. The van der Waals surface area contributed by atoms with Gasteiger partial charge < -0.3 is 15.8 Å². The molecule has 7 heteroatoms. The van der Waals surface area contributed by atoms with E-state index in [4.69, 9.17) is 10.5 Å². The summed E-state index contributed by atoms with van der Waals surface area (Å²) in [4.78, 5) is 15.3. The second-order valence-electron chi connectivity index (χ2n) is 2.52. The third-order valence-electron chi connectivity index (χ3n) is 1.54. The summed E-state index contributed by atoms with van der Waals surface area (Å²) in [6.07, 6.45) is 5.20. The minimum Gasteiger partial charge on any atom is -0.462 e. The van der Waals surface area contributed by atoms with E-state index in [1.807, 2.05) is 4.40 Å². The van der Waals surface area contributed by atoms with E-state index in [2.05, 4.69) is 10.3 Å². The largest absolute Gasteiger partial charge is 0.462 e. The molecule has 74 valence electrons. The molecule has 0 unspecified atom stereocenters. The molecule has 14 heavy (non-hydrogen) atoms. The van der Waals surface area contributed by atoms with E-state index in [-0.39, 0.29) is 6.73 Å². The first-order valence-corrected chi connectivity index (χ1v) is 4.65. The summed E-state index contributed by atoms with van der Waals surface area (Å²) in [5, 5.41) is 3.03. The minimum absolute atomic E-state index is 0.0758. The van der Waals surface area contributed by atoms with Gasteiger partial charge in [-0.05, 0) is 0 Å². The van der Waals surface area contributed by atoms with Crippen molar-refractivity contribution in [3.05, 3.63) is 18.7 Å². The Morgan fingerprint density at radius 3 is 3.36 bits per heavy atom. The van der Waals surface area contributed by atoms with Crippen molar-refractivity contribution >= 4 is 22.2 Å². The molecule has 0 aromatic carbocycles. The van der Waals surface area contributed by atoms with Gasteiger partial charge in [0.25, 0.3) is 0 Å². The number of hydrogen-bond donors (Lipinski definition) is 2. The van der Waals surface area contributed by atoms with Crippen molar-refractivity contribution in [1.29, 1.82) is 0 Å². The number of ether oxygens (including phenoxy) is 1. The molecule has 0 aliphatic heterocycles. The van der Waals surface area contributed by atoms with Crippen LogP contribution < -0.4 is 15.8 Å². The second kappa shape index (κ2) is 3.54. The predicted octanol–water partition coefficient (Wildman–Crippen LogP) is 0.400. The molecule has 2 heterocycles. The van der Waals surface area contributed by atoms with Crippen molar-refractivity contribution in [1.82, 2.24) is 14.7 Å². The maximum atomic E-state index is 10.3. The molecule has 3 N–H and O–H groups in total. The van der Waals surface area contributed by atoms with Crippen molar-refractivity contribution in [3.8, 4) is 5.06 Å². The lowest BCUT2D eigenvalue weighted by Gasteiger charge is -2.01. The number of rotatable bonds is 3. The summed E-state index contributed by atoms with van der Waals surface area (Å²) in [6, 6.07) is -0.602. The Kier molecular flexibility index (Phi) is 2.23.